The summed E-state index contributed by atoms with van der Waals surface area (Å²) in [5, 5.41) is 25.4. The lowest BCUT2D eigenvalue weighted by Gasteiger charge is -2.35. The van der Waals surface area contributed by atoms with Gasteiger partial charge in [0.25, 0.3) is 0 Å². The smallest absolute Gasteiger partial charge is 0.183 e. The molecule has 6 rings (SSSR count). The van der Waals surface area contributed by atoms with Crippen LogP contribution in [0.2, 0.25) is 0 Å². The van der Waals surface area contributed by atoms with Gasteiger partial charge in [0.1, 0.15) is 11.5 Å². The molecule has 5 aromatic rings. The minimum atomic E-state index is -1.68. The molecular formula is C27H28N6O3. The van der Waals surface area contributed by atoms with E-state index in [1.54, 1.807) is 11.6 Å². The van der Waals surface area contributed by atoms with Crippen molar-refractivity contribution >= 4 is 22.5 Å². The van der Waals surface area contributed by atoms with Crippen LogP contribution in [-0.4, -0.2) is 54.6 Å². The fourth-order valence-electron chi connectivity index (χ4n) is 5.02. The highest BCUT2D eigenvalue weighted by Crippen LogP contribution is 2.40. The second-order valence-corrected chi connectivity index (χ2v) is 9.36. The maximum Gasteiger partial charge on any atom is 0.183 e. The van der Waals surface area contributed by atoms with Crippen molar-refractivity contribution in [2.45, 2.75) is 37.8 Å². The first-order chi connectivity index (χ1) is 17.5. The van der Waals surface area contributed by atoms with Crippen molar-refractivity contribution < 1.29 is 14.9 Å². The number of ether oxygens (including phenoxy) is 1. The second kappa shape index (κ2) is 9.02. The molecule has 0 atom stereocenters. The lowest BCUT2D eigenvalue weighted by Crippen LogP contribution is -2.32. The molecule has 9 nitrogen and oxygen atoms in total. The van der Waals surface area contributed by atoms with Gasteiger partial charge in [0, 0.05) is 56.2 Å². The predicted octanol–water partition coefficient (Wildman–Crippen LogP) is 3.72. The summed E-state index contributed by atoms with van der Waals surface area (Å²) >= 11 is 0. The van der Waals surface area contributed by atoms with E-state index in [1.807, 2.05) is 43.6 Å². The fourth-order valence-corrected chi connectivity index (χ4v) is 5.02. The van der Waals surface area contributed by atoms with Gasteiger partial charge in [-0.15, -0.1) is 0 Å². The van der Waals surface area contributed by atoms with Crippen molar-refractivity contribution in [1.82, 2.24) is 24.1 Å². The maximum atomic E-state index is 10.00. The molecule has 1 saturated carbocycles. The quantitative estimate of drug-likeness (QED) is 0.340. The van der Waals surface area contributed by atoms with Crippen LogP contribution >= 0.6 is 0 Å². The van der Waals surface area contributed by atoms with E-state index >= 15 is 0 Å². The summed E-state index contributed by atoms with van der Waals surface area (Å²) in [5.74, 6) is 0.790. The van der Waals surface area contributed by atoms with Gasteiger partial charge in [-0.1, -0.05) is 30.3 Å². The van der Waals surface area contributed by atoms with Crippen LogP contribution in [0.1, 0.15) is 36.3 Å². The predicted molar refractivity (Wildman–Crippen MR) is 137 cm³/mol. The molecule has 0 saturated heterocycles. The minimum absolute atomic E-state index is 0.259. The lowest BCUT2D eigenvalue weighted by molar-refractivity contribution is -0.0414. The molecule has 1 fully saturated rings. The molecule has 0 unspecified atom stereocenters. The Balaban J connectivity index is 1.50. The lowest BCUT2D eigenvalue weighted by atomic mass is 9.89. The van der Waals surface area contributed by atoms with Crippen LogP contribution in [0.5, 0.6) is 0 Å². The van der Waals surface area contributed by atoms with E-state index in [0.29, 0.717) is 18.2 Å². The zero-order chi connectivity index (χ0) is 24.8. The molecule has 4 aromatic heterocycles. The van der Waals surface area contributed by atoms with Crippen LogP contribution in [0.15, 0.2) is 67.1 Å². The molecule has 0 spiro atoms. The monoisotopic (exact) mass is 484 g/mol. The summed E-state index contributed by atoms with van der Waals surface area (Å²) in [6.45, 7) is 0.653. The summed E-state index contributed by atoms with van der Waals surface area (Å²) in [5.41, 5.74) is 4.39. The fraction of sp³-hybridized carbons (Fsp3) is 0.296. The van der Waals surface area contributed by atoms with Gasteiger partial charge in [0.15, 0.2) is 11.9 Å². The van der Waals surface area contributed by atoms with E-state index in [2.05, 4.69) is 43.9 Å². The first-order valence-corrected chi connectivity index (χ1v) is 12.0. The van der Waals surface area contributed by atoms with E-state index in [9.17, 15) is 10.2 Å². The number of methoxy groups -OCH3 is 1. The third kappa shape index (κ3) is 3.81. The topological polar surface area (TPSA) is 101 Å². The van der Waals surface area contributed by atoms with E-state index in [1.165, 1.54) is 6.20 Å². The molecule has 1 aliphatic carbocycles. The number of hydrogen-bond acceptors (Lipinski definition) is 7. The Labute approximate surface area is 208 Å². The number of pyridine rings is 1. The molecule has 184 valence electrons. The van der Waals surface area contributed by atoms with Gasteiger partial charge in [0.05, 0.1) is 23.6 Å². The molecule has 36 heavy (non-hydrogen) atoms. The number of benzene rings is 1. The first-order valence-electron chi connectivity index (χ1n) is 12.0. The van der Waals surface area contributed by atoms with Crippen molar-refractivity contribution in [1.29, 1.82) is 0 Å². The average molecular weight is 485 g/mol. The van der Waals surface area contributed by atoms with Crippen molar-refractivity contribution in [2.24, 2.45) is 0 Å². The van der Waals surface area contributed by atoms with Gasteiger partial charge in [-0.25, -0.2) is 9.97 Å². The molecular weight excluding hydrogens is 456 g/mol. The molecule has 0 aliphatic heterocycles. The zero-order valence-corrected chi connectivity index (χ0v) is 20.2. The normalized spacial score (nSPS) is 17.7. The Morgan fingerprint density at radius 3 is 2.67 bits per heavy atom. The average Bonchev–Trinajstić information content (AvgIpc) is 3.46. The standard InChI is InChI=1S/C27H28N6O3/c1-31(15-17-7-4-3-5-8-17)24-13-23(30-26-21(27(34)35)14-29-33(24)26)22-16-32(18-11-19(12-18)36-2)25-20(22)9-6-10-28-25/h3-10,13-14,16,18-19,27,34-35H,11-12,15H2,1-2H3/t18-,19+. The molecule has 0 bridgehead atoms. The number of aromatic nitrogens is 5. The molecule has 9 heteroatoms. The highest BCUT2D eigenvalue weighted by Gasteiger charge is 2.32. The van der Waals surface area contributed by atoms with Crippen LogP contribution in [-0.2, 0) is 11.3 Å². The molecule has 0 radical (unpaired) electrons. The highest BCUT2D eigenvalue weighted by atomic mass is 16.5. The van der Waals surface area contributed by atoms with Gasteiger partial charge < -0.3 is 24.4 Å². The summed E-state index contributed by atoms with van der Waals surface area (Å²) in [6, 6.07) is 16.5. The highest BCUT2D eigenvalue weighted by molar-refractivity contribution is 5.94. The Kier molecular flexibility index (Phi) is 5.67. The van der Waals surface area contributed by atoms with Crippen molar-refractivity contribution in [3.05, 3.63) is 78.2 Å². The van der Waals surface area contributed by atoms with Crippen molar-refractivity contribution in [3.63, 3.8) is 0 Å². The van der Waals surface area contributed by atoms with Crippen LogP contribution in [0.25, 0.3) is 27.9 Å². The third-order valence-electron chi connectivity index (χ3n) is 7.07. The van der Waals surface area contributed by atoms with Crippen molar-refractivity contribution in [3.8, 4) is 11.3 Å². The number of hydrogen-bond donors (Lipinski definition) is 2. The Morgan fingerprint density at radius 2 is 1.92 bits per heavy atom. The Bertz CT molecular complexity index is 1520. The Morgan fingerprint density at radius 1 is 1.11 bits per heavy atom. The number of aliphatic hydroxyl groups excluding tert-OH is 1. The van der Waals surface area contributed by atoms with Gasteiger partial charge in [-0.2, -0.15) is 9.61 Å². The number of fused-ring (bicyclic) bond motifs is 2. The van der Waals surface area contributed by atoms with Gasteiger partial charge in [-0.05, 0) is 30.5 Å². The summed E-state index contributed by atoms with van der Waals surface area (Å²) in [6.07, 6.45) is 5.85. The van der Waals surface area contributed by atoms with E-state index < -0.39 is 6.29 Å². The summed E-state index contributed by atoms with van der Waals surface area (Å²) in [7, 11) is 3.75. The van der Waals surface area contributed by atoms with Crippen LogP contribution < -0.4 is 4.90 Å². The number of nitrogens with zero attached hydrogens (tertiary/aromatic N) is 6. The third-order valence-corrected chi connectivity index (χ3v) is 7.07. The van der Waals surface area contributed by atoms with E-state index in [0.717, 1.165) is 46.5 Å². The van der Waals surface area contributed by atoms with Crippen LogP contribution in [0, 0.1) is 0 Å². The van der Waals surface area contributed by atoms with E-state index in [-0.39, 0.29) is 11.7 Å². The summed E-state index contributed by atoms with van der Waals surface area (Å²) in [4.78, 5) is 11.6. The summed E-state index contributed by atoms with van der Waals surface area (Å²) < 4.78 is 9.38. The van der Waals surface area contributed by atoms with Gasteiger partial charge in [0.2, 0.25) is 0 Å². The van der Waals surface area contributed by atoms with E-state index in [4.69, 9.17) is 9.72 Å². The number of aliphatic hydroxyl groups is 2. The zero-order valence-electron chi connectivity index (χ0n) is 20.2. The first kappa shape index (κ1) is 22.7. The molecule has 1 aromatic carbocycles. The van der Waals surface area contributed by atoms with Gasteiger partial charge >= 0.3 is 0 Å². The van der Waals surface area contributed by atoms with Crippen molar-refractivity contribution in [2.75, 3.05) is 19.1 Å². The van der Waals surface area contributed by atoms with Crippen LogP contribution in [0.4, 0.5) is 5.82 Å². The molecule has 2 N–H and O–H groups in total. The minimum Gasteiger partial charge on any atom is -0.381 e. The number of rotatable bonds is 7. The largest absolute Gasteiger partial charge is 0.381 e. The molecule has 4 heterocycles. The maximum absolute atomic E-state index is 10.00. The van der Waals surface area contributed by atoms with Gasteiger partial charge in [-0.3, -0.25) is 0 Å². The Hall–Kier alpha value is -3.79. The SMILES string of the molecule is CO[C@H]1C[C@@H](n2cc(-c3cc(N(C)Cc4ccccc4)n4ncc(C(O)O)c4n3)c3cccnc32)C1. The number of anilines is 1. The van der Waals surface area contributed by atoms with Crippen LogP contribution in [0.3, 0.4) is 0 Å². The molecule has 1 aliphatic rings. The second-order valence-electron chi connectivity index (χ2n) is 9.36. The molecule has 0 amide bonds.